The molecule has 1 atom stereocenters. The molecule has 4 nitrogen and oxygen atoms in total. The van der Waals surface area contributed by atoms with Gasteiger partial charge in [-0.05, 0) is 49.6 Å². The molecule has 1 aromatic carbocycles. The van der Waals surface area contributed by atoms with Crippen LogP contribution in [0.2, 0.25) is 0 Å². The Balaban J connectivity index is 1.60. The molecule has 1 saturated heterocycles. The summed E-state index contributed by atoms with van der Waals surface area (Å²) in [5.74, 6) is 0.888. The topological polar surface area (TPSA) is 45.5 Å². The van der Waals surface area contributed by atoms with Crippen molar-refractivity contribution in [1.29, 1.82) is 0 Å². The predicted molar refractivity (Wildman–Crippen MR) is 85.2 cm³/mol. The second kappa shape index (κ2) is 6.79. The number of benzene rings is 1. The molecular formula is C18H22N2O2. The van der Waals surface area contributed by atoms with Gasteiger partial charge >= 0.3 is 0 Å². The molecule has 0 radical (unpaired) electrons. The van der Waals surface area contributed by atoms with Crippen LogP contribution >= 0.6 is 0 Å². The number of amides is 1. The van der Waals surface area contributed by atoms with Gasteiger partial charge in [-0.3, -0.25) is 9.69 Å². The minimum absolute atomic E-state index is 0.0328. The van der Waals surface area contributed by atoms with E-state index < -0.39 is 0 Å². The van der Waals surface area contributed by atoms with Gasteiger partial charge in [0.05, 0.1) is 18.8 Å². The molecule has 1 fully saturated rings. The van der Waals surface area contributed by atoms with Gasteiger partial charge in [0, 0.05) is 6.54 Å². The van der Waals surface area contributed by atoms with Crippen molar-refractivity contribution < 1.29 is 9.21 Å². The van der Waals surface area contributed by atoms with Gasteiger partial charge in [-0.15, -0.1) is 0 Å². The number of nitrogens with one attached hydrogen (secondary N) is 1. The van der Waals surface area contributed by atoms with E-state index in [2.05, 4.69) is 41.4 Å². The average Bonchev–Trinajstić information content (AvgIpc) is 3.18. The summed E-state index contributed by atoms with van der Waals surface area (Å²) >= 11 is 0. The standard InChI is InChI=1S/C18H22N2O2/c1-14-6-2-3-7-15(14)13-20-10-4-9-17(20)18(21)19-12-16-8-5-11-22-16/h2-3,5-8,11,17H,4,9-10,12-13H2,1H3,(H,19,21). The lowest BCUT2D eigenvalue weighted by molar-refractivity contribution is -0.125. The fourth-order valence-corrected chi connectivity index (χ4v) is 3.02. The number of furan rings is 1. The molecule has 1 aliphatic rings. The zero-order valence-corrected chi connectivity index (χ0v) is 12.9. The maximum absolute atomic E-state index is 12.4. The van der Waals surface area contributed by atoms with Crippen LogP contribution in [0.15, 0.2) is 47.1 Å². The molecule has 1 unspecified atom stereocenters. The van der Waals surface area contributed by atoms with Gasteiger partial charge in [-0.1, -0.05) is 24.3 Å². The smallest absolute Gasteiger partial charge is 0.237 e. The number of likely N-dealkylation sites (tertiary alicyclic amines) is 1. The van der Waals surface area contributed by atoms with Crippen LogP contribution in [0, 0.1) is 6.92 Å². The highest BCUT2D eigenvalue weighted by atomic mass is 16.3. The van der Waals surface area contributed by atoms with Crippen LogP contribution in [-0.2, 0) is 17.9 Å². The van der Waals surface area contributed by atoms with Crippen LogP contribution in [0.25, 0.3) is 0 Å². The van der Waals surface area contributed by atoms with Crippen molar-refractivity contribution in [3.63, 3.8) is 0 Å². The summed E-state index contributed by atoms with van der Waals surface area (Å²) in [5.41, 5.74) is 2.58. The second-order valence-corrected chi connectivity index (χ2v) is 5.85. The predicted octanol–water partition coefficient (Wildman–Crippen LogP) is 2.87. The molecule has 1 aromatic heterocycles. The lowest BCUT2D eigenvalue weighted by atomic mass is 10.1. The van der Waals surface area contributed by atoms with Crippen LogP contribution < -0.4 is 5.32 Å². The quantitative estimate of drug-likeness (QED) is 0.923. The fourth-order valence-electron chi connectivity index (χ4n) is 3.02. The summed E-state index contributed by atoms with van der Waals surface area (Å²) in [6.45, 7) is 4.40. The number of hydrogen-bond donors (Lipinski definition) is 1. The van der Waals surface area contributed by atoms with E-state index in [1.54, 1.807) is 6.26 Å². The van der Waals surface area contributed by atoms with Gasteiger partial charge in [0.2, 0.25) is 5.91 Å². The first-order valence-electron chi connectivity index (χ1n) is 7.82. The third kappa shape index (κ3) is 3.39. The molecule has 116 valence electrons. The molecule has 2 heterocycles. The Morgan fingerprint density at radius 2 is 2.18 bits per heavy atom. The number of nitrogens with zero attached hydrogens (tertiary/aromatic N) is 1. The van der Waals surface area contributed by atoms with Crippen molar-refractivity contribution in [2.75, 3.05) is 6.54 Å². The monoisotopic (exact) mass is 298 g/mol. The highest BCUT2D eigenvalue weighted by Gasteiger charge is 2.30. The first-order valence-corrected chi connectivity index (χ1v) is 7.82. The van der Waals surface area contributed by atoms with Crippen molar-refractivity contribution in [3.8, 4) is 0 Å². The molecule has 0 spiro atoms. The molecule has 1 N–H and O–H groups in total. The average molecular weight is 298 g/mol. The maximum atomic E-state index is 12.4. The van der Waals surface area contributed by atoms with E-state index >= 15 is 0 Å². The second-order valence-electron chi connectivity index (χ2n) is 5.85. The van der Waals surface area contributed by atoms with Crippen LogP contribution in [0.1, 0.15) is 29.7 Å². The molecular weight excluding hydrogens is 276 g/mol. The lowest BCUT2D eigenvalue weighted by Gasteiger charge is -2.24. The molecule has 1 aliphatic heterocycles. The van der Waals surface area contributed by atoms with Crippen molar-refractivity contribution in [2.45, 2.75) is 38.9 Å². The molecule has 2 aromatic rings. The molecule has 22 heavy (non-hydrogen) atoms. The normalized spacial score (nSPS) is 18.5. The molecule has 0 saturated carbocycles. The molecule has 0 bridgehead atoms. The number of carbonyl (C=O) groups excluding carboxylic acids is 1. The summed E-state index contributed by atoms with van der Waals surface area (Å²) in [6.07, 6.45) is 3.63. The Morgan fingerprint density at radius 1 is 1.32 bits per heavy atom. The van der Waals surface area contributed by atoms with E-state index in [4.69, 9.17) is 4.42 Å². The first kappa shape index (κ1) is 14.9. The minimum atomic E-state index is -0.0328. The van der Waals surface area contributed by atoms with Crippen LogP contribution in [0.4, 0.5) is 0 Å². The fraction of sp³-hybridized carbons (Fsp3) is 0.389. The summed E-state index contributed by atoms with van der Waals surface area (Å²) in [5, 5.41) is 2.98. The summed E-state index contributed by atoms with van der Waals surface area (Å²) in [4.78, 5) is 14.7. The van der Waals surface area contributed by atoms with Crippen molar-refractivity contribution in [1.82, 2.24) is 10.2 Å². The molecule has 0 aliphatic carbocycles. The molecule has 3 rings (SSSR count). The molecule has 1 amide bonds. The van der Waals surface area contributed by atoms with Crippen LogP contribution in [0.5, 0.6) is 0 Å². The van der Waals surface area contributed by atoms with E-state index in [1.807, 2.05) is 12.1 Å². The van der Waals surface area contributed by atoms with E-state index in [9.17, 15) is 4.79 Å². The Morgan fingerprint density at radius 3 is 2.95 bits per heavy atom. The Kier molecular flexibility index (Phi) is 4.59. The zero-order valence-electron chi connectivity index (χ0n) is 12.9. The zero-order chi connectivity index (χ0) is 15.4. The molecule has 4 heteroatoms. The summed E-state index contributed by atoms with van der Waals surface area (Å²) in [6, 6.07) is 12.1. The maximum Gasteiger partial charge on any atom is 0.237 e. The highest BCUT2D eigenvalue weighted by molar-refractivity contribution is 5.81. The number of aryl methyl sites for hydroxylation is 1. The highest BCUT2D eigenvalue weighted by Crippen LogP contribution is 2.21. The van der Waals surface area contributed by atoms with E-state index in [1.165, 1.54) is 11.1 Å². The van der Waals surface area contributed by atoms with Gasteiger partial charge in [-0.2, -0.15) is 0 Å². The van der Waals surface area contributed by atoms with Gasteiger partial charge in [0.25, 0.3) is 0 Å². The van der Waals surface area contributed by atoms with E-state index in [-0.39, 0.29) is 11.9 Å². The van der Waals surface area contributed by atoms with Gasteiger partial charge < -0.3 is 9.73 Å². The van der Waals surface area contributed by atoms with Crippen molar-refractivity contribution >= 4 is 5.91 Å². The van der Waals surface area contributed by atoms with Crippen LogP contribution in [0.3, 0.4) is 0 Å². The lowest BCUT2D eigenvalue weighted by Crippen LogP contribution is -2.42. The van der Waals surface area contributed by atoms with E-state index in [0.29, 0.717) is 6.54 Å². The first-order chi connectivity index (χ1) is 10.7. The van der Waals surface area contributed by atoms with Gasteiger partial charge in [-0.25, -0.2) is 0 Å². The van der Waals surface area contributed by atoms with Gasteiger partial charge in [0.1, 0.15) is 5.76 Å². The minimum Gasteiger partial charge on any atom is -0.467 e. The van der Waals surface area contributed by atoms with Gasteiger partial charge in [0.15, 0.2) is 0 Å². The Bertz CT molecular complexity index is 622. The van der Waals surface area contributed by atoms with Crippen molar-refractivity contribution in [3.05, 3.63) is 59.5 Å². The Labute approximate surface area is 131 Å². The number of carbonyl (C=O) groups is 1. The summed E-state index contributed by atoms with van der Waals surface area (Å²) in [7, 11) is 0. The third-order valence-electron chi connectivity index (χ3n) is 4.32. The van der Waals surface area contributed by atoms with E-state index in [0.717, 1.165) is 31.7 Å². The third-order valence-corrected chi connectivity index (χ3v) is 4.32. The number of hydrogen-bond acceptors (Lipinski definition) is 3. The van der Waals surface area contributed by atoms with Crippen molar-refractivity contribution in [2.24, 2.45) is 0 Å². The Hall–Kier alpha value is -2.07. The summed E-state index contributed by atoms with van der Waals surface area (Å²) < 4.78 is 5.26. The number of rotatable bonds is 5. The van der Waals surface area contributed by atoms with Crippen LogP contribution in [-0.4, -0.2) is 23.4 Å². The SMILES string of the molecule is Cc1ccccc1CN1CCCC1C(=O)NCc1ccco1. The largest absolute Gasteiger partial charge is 0.467 e.